The number of rotatable bonds is 0. The highest BCUT2D eigenvalue weighted by molar-refractivity contribution is 5.85. The molecular formula is C8H20N2. The van der Waals surface area contributed by atoms with Crippen molar-refractivity contribution in [2.75, 3.05) is 7.05 Å². The van der Waals surface area contributed by atoms with E-state index in [0.29, 0.717) is 5.84 Å². The van der Waals surface area contributed by atoms with Crippen molar-refractivity contribution in [2.24, 2.45) is 16.1 Å². The van der Waals surface area contributed by atoms with E-state index < -0.39 is 0 Å². The second kappa shape index (κ2) is 5.27. The highest BCUT2D eigenvalue weighted by atomic mass is 14.8. The Morgan fingerprint density at radius 3 is 1.50 bits per heavy atom. The van der Waals surface area contributed by atoms with Gasteiger partial charge in [-0.3, -0.25) is 4.99 Å². The van der Waals surface area contributed by atoms with Crippen LogP contribution >= 0.6 is 0 Å². The quantitative estimate of drug-likeness (QED) is 0.410. The fourth-order valence-electron chi connectivity index (χ4n) is 0.335. The predicted molar refractivity (Wildman–Crippen MR) is 48.3 cm³/mol. The summed E-state index contributed by atoms with van der Waals surface area (Å²) in [5, 5.41) is 0. The molecule has 0 bridgehead atoms. The Hall–Kier alpha value is -0.530. The van der Waals surface area contributed by atoms with Crippen LogP contribution in [0.5, 0.6) is 0 Å². The van der Waals surface area contributed by atoms with Crippen LogP contribution < -0.4 is 5.73 Å². The molecule has 2 heteroatoms. The van der Waals surface area contributed by atoms with Gasteiger partial charge >= 0.3 is 0 Å². The Labute approximate surface area is 64.5 Å². The molecule has 0 heterocycles. The van der Waals surface area contributed by atoms with Crippen molar-refractivity contribution in [3.8, 4) is 0 Å². The number of aliphatic imine (C=N–C) groups is 1. The Kier molecular flexibility index (Phi) is 6.42. The molecule has 0 atom stereocenters. The largest absolute Gasteiger partial charge is 0.387 e. The summed E-state index contributed by atoms with van der Waals surface area (Å²) in [6.07, 6.45) is 0. The molecule has 10 heavy (non-hydrogen) atoms. The summed E-state index contributed by atoms with van der Waals surface area (Å²) in [5.74, 6) is 0.706. The SMILES string of the molecule is CC.CN=C(N)C(C)(C)C. The summed E-state index contributed by atoms with van der Waals surface area (Å²) < 4.78 is 0. The summed E-state index contributed by atoms with van der Waals surface area (Å²) in [7, 11) is 1.71. The Morgan fingerprint density at radius 1 is 1.20 bits per heavy atom. The topological polar surface area (TPSA) is 38.4 Å². The molecule has 0 aliphatic heterocycles. The van der Waals surface area contributed by atoms with Gasteiger partial charge in [-0.15, -0.1) is 0 Å². The first kappa shape index (κ1) is 12.2. The van der Waals surface area contributed by atoms with Gasteiger partial charge in [-0.1, -0.05) is 34.6 Å². The van der Waals surface area contributed by atoms with Crippen molar-refractivity contribution >= 4 is 5.84 Å². The van der Waals surface area contributed by atoms with Crippen molar-refractivity contribution in [2.45, 2.75) is 34.6 Å². The van der Waals surface area contributed by atoms with Gasteiger partial charge in [-0.05, 0) is 0 Å². The third-order valence-electron chi connectivity index (χ3n) is 1.01. The standard InChI is InChI=1S/C6H14N2.C2H6/c1-6(2,3)5(7)8-4;1-2/h1-4H3,(H2,7,8);1-2H3. The monoisotopic (exact) mass is 144 g/mol. The second-order valence-electron chi connectivity index (χ2n) is 2.86. The van der Waals surface area contributed by atoms with Gasteiger partial charge in [0.05, 0.1) is 5.84 Å². The van der Waals surface area contributed by atoms with Gasteiger partial charge in [-0.25, -0.2) is 0 Å². The number of hydrogen-bond acceptors (Lipinski definition) is 1. The maximum atomic E-state index is 5.50. The molecule has 0 aliphatic carbocycles. The van der Waals surface area contributed by atoms with Crippen LogP contribution in [0.4, 0.5) is 0 Å². The molecule has 0 aromatic carbocycles. The van der Waals surface area contributed by atoms with Crippen LogP contribution in [0.25, 0.3) is 0 Å². The molecule has 0 saturated heterocycles. The molecule has 0 fully saturated rings. The van der Waals surface area contributed by atoms with Crippen LogP contribution in [0.2, 0.25) is 0 Å². The molecule has 0 aliphatic rings. The molecule has 0 aromatic heterocycles. The smallest absolute Gasteiger partial charge is 0.0987 e. The van der Waals surface area contributed by atoms with E-state index >= 15 is 0 Å². The lowest BCUT2D eigenvalue weighted by Crippen LogP contribution is -2.28. The van der Waals surface area contributed by atoms with Gasteiger partial charge in [0.2, 0.25) is 0 Å². The van der Waals surface area contributed by atoms with E-state index in [4.69, 9.17) is 5.73 Å². The van der Waals surface area contributed by atoms with Crippen molar-refractivity contribution in [1.29, 1.82) is 0 Å². The van der Waals surface area contributed by atoms with E-state index in [0.717, 1.165) is 0 Å². The van der Waals surface area contributed by atoms with E-state index in [1.807, 2.05) is 34.6 Å². The minimum absolute atomic E-state index is 0.0365. The van der Waals surface area contributed by atoms with E-state index in [2.05, 4.69) is 4.99 Å². The maximum Gasteiger partial charge on any atom is 0.0987 e. The Balaban J connectivity index is 0. The molecule has 0 unspecified atom stereocenters. The fourth-order valence-corrected chi connectivity index (χ4v) is 0.335. The molecule has 0 aromatic rings. The Morgan fingerprint density at radius 2 is 1.50 bits per heavy atom. The average molecular weight is 144 g/mol. The summed E-state index contributed by atoms with van der Waals surface area (Å²) in [6.45, 7) is 10.1. The summed E-state index contributed by atoms with van der Waals surface area (Å²) in [5.41, 5.74) is 5.54. The summed E-state index contributed by atoms with van der Waals surface area (Å²) in [6, 6.07) is 0. The van der Waals surface area contributed by atoms with Gasteiger partial charge in [0.15, 0.2) is 0 Å². The third kappa shape index (κ3) is 5.60. The molecule has 0 saturated carbocycles. The van der Waals surface area contributed by atoms with Crippen LogP contribution in [0.1, 0.15) is 34.6 Å². The van der Waals surface area contributed by atoms with E-state index in [-0.39, 0.29) is 5.41 Å². The first-order valence-electron chi connectivity index (χ1n) is 3.71. The lowest BCUT2D eigenvalue weighted by atomic mass is 9.96. The highest BCUT2D eigenvalue weighted by Crippen LogP contribution is 2.11. The van der Waals surface area contributed by atoms with E-state index in [1.54, 1.807) is 7.05 Å². The molecule has 0 rings (SSSR count). The number of hydrogen-bond donors (Lipinski definition) is 1. The van der Waals surface area contributed by atoms with Crippen LogP contribution in [-0.2, 0) is 0 Å². The zero-order chi connectivity index (χ0) is 8.78. The van der Waals surface area contributed by atoms with Crippen molar-refractivity contribution in [3.05, 3.63) is 0 Å². The number of nitrogens with zero attached hydrogens (tertiary/aromatic N) is 1. The molecule has 0 radical (unpaired) electrons. The van der Waals surface area contributed by atoms with Crippen molar-refractivity contribution in [1.82, 2.24) is 0 Å². The van der Waals surface area contributed by atoms with Gasteiger partial charge in [-0.2, -0.15) is 0 Å². The molecule has 2 nitrogen and oxygen atoms in total. The third-order valence-corrected chi connectivity index (χ3v) is 1.01. The average Bonchev–Trinajstić information content (AvgIpc) is 1.89. The van der Waals surface area contributed by atoms with Crippen LogP contribution in [0, 0.1) is 5.41 Å². The lowest BCUT2D eigenvalue weighted by molar-refractivity contribution is 0.584. The zero-order valence-electron chi connectivity index (χ0n) is 8.02. The minimum atomic E-state index is 0.0365. The molecule has 2 N–H and O–H groups in total. The van der Waals surface area contributed by atoms with Crippen LogP contribution in [-0.4, -0.2) is 12.9 Å². The predicted octanol–water partition coefficient (Wildman–Crippen LogP) is 2.05. The number of amidine groups is 1. The maximum absolute atomic E-state index is 5.50. The van der Waals surface area contributed by atoms with Crippen molar-refractivity contribution in [3.63, 3.8) is 0 Å². The lowest BCUT2D eigenvalue weighted by Gasteiger charge is -2.15. The van der Waals surface area contributed by atoms with Crippen LogP contribution in [0.15, 0.2) is 4.99 Å². The summed E-state index contributed by atoms with van der Waals surface area (Å²) in [4.78, 5) is 3.85. The first-order valence-corrected chi connectivity index (χ1v) is 3.71. The highest BCUT2D eigenvalue weighted by Gasteiger charge is 2.13. The van der Waals surface area contributed by atoms with Gasteiger partial charge in [0.1, 0.15) is 0 Å². The normalized spacial score (nSPS) is 12.0. The number of nitrogens with two attached hydrogens (primary N) is 1. The van der Waals surface area contributed by atoms with Crippen LogP contribution in [0.3, 0.4) is 0 Å². The molecule has 0 amide bonds. The van der Waals surface area contributed by atoms with Crippen molar-refractivity contribution < 1.29 is 0 Å². The fraction of sp³-hybridized carbons (Fsp3) is 0.875. The molecular weight excluding hydrogens is 124 g/mol. The van der Waals surface area contributed by atoms with Gasteiger partial charge in [0.25, 0.3) is 0 Å². The van der Waals surface area contributed by atoms with E-state index in [9.17, 15) is 0 Å². The van der Waals surface area contributed by atoms with E-state index in [1.165, 1.54) is 0 Å². The first-order chi connectivity index (χ1) is 4.48. The minimum Gasteiger partial charge on any atom is -0.387 e. The van der Waals surface area contributed by atoms with Gasteiger partial charge in [0, 0.05) is 12.5 Å². The Bertz CT molecular complexity index is 98.3. The molecule has 0 spiro atoms. The second-order valence-corrected chi connectivity index (χ2v) is 2.86. The molecule has 62 valence electrons. The summed E-state index contributed by atoms with van der Waals surface area (Å²) >= 11 is 0. The zero-order valence-corrected chi connectivity index (χ0v) is 8.02. The van der Waals surface area contributed by atoms with Gasteiger partial charge < -0.3 is 5.73 Å².